The summed E-state index contributed by atoms with van der Waals surface area (Å²) in [5.74, 6) is 1.65. The number of ether oxygens (including phenoxy) is 1. The molecular weight excluding hydrogens is 334 g/mol. The van der Waals surface area contributed by atoms with Crippen molar-refractivity contribution in [3.63, 3.8) is 0 Å². The van der Waals surface area contributed by atoms with Crippen molar-refractivity contribution in [1.82, 2.24) is 0 Å². The van der Waals surface area contributed by atoms with Crippen LogP contribution in [-0.2, 0) is 0 Å². The minimum atomic E-state index is 0.375. The lowest BCUT2D eigenvalue weighted by molar-refractivity contribution is 0.471. The first kappa shape index (κ1) is 15.0. The molecule has 0 amide bonds. The van der Waals surface area contributed by atoms with Crippen molar-refractivity contribution in [1.29, 1.82) is 0 Å². The Balaban J connectivity index is 2.41. The standard InChI is InChI=1S/C16H16BrNOS/c1-9-4-5-10(2)15(11(9)3)19-14-7-6-12(16(18)20)8-13(14)17/h4-8H,1-3H3,(H2,18,20). The Labute approximate surface area is 133 Å². The van der Waals surface area contributed by atoms with Gasteiger partial charge in [0.05, 0.1) is 4.47 Å². The molecule has 2 aromatic rings. The van der Waals surface area contributed by atoms with Gasteiger partial charge in [0.1, 0.15) is 16.5 Å². The van der Waals surface area contributed by atoms with E-state index < -0.39 is 0 Å². The first-order valence-electron chi connectivity index (χ1n) is 6.24. The fourth-order valence-electron chi connectivity index (χ4n) is 1.93. The van der Waals surface area contributed by atoms with E-state index in [9.17, 15) is 0 Å². The Morgan fingerprint density at radius 2 is 1.75 bits per heavy atom. The number of hydrogen-bond donors (Lipinski definition) is 1. The van der Waals surface area contributed by atoms with Crippen LogP contribution < -0.4 is 10.5 Å². The molecule has 104 valence electrons. The minimum absolute atomic E-state index is 0.375. The van der Waals surface area contributed by atoms with Crippen LogP contribution in [-0.4, -0.2) is 4.99 Å². The summed E-state index contributed by atoms with van der Waals surface area (Å²) in [4.78, 5) is 0.375. The molecule has 0 radical (unpaired) electrons. The highest BCUT2D eigenvalue weighted by atomic mass is 79.9. The third-order valence-electron chi connectivity index (χ3n) is 3.30. The van der Waals surface area contributed by atoms with Crippen LogP contribution in [0.2, 0.25) is 0 Å². The zero-order valence-corrected chi connectivity index (χ0v) is 14.1. The number of hydrogen-bond acceptors (Lipinski definition) is 2. The van der Waals surface area contributed by atoms with Crippen LogP contribution in [0, 0.1) is 20.8 Å². The molecule has 0 fully saturated rings. The first-order valence-corrected chi connectivity index (χ1v) is 7.44. The molecule has 0 aliphatic carbocycles. The monoisotopic (exact) mass is 349 g/mol. The average molecular weight is 350 g/mol. The van der Waals surface area contributed by atoms with Gasteiger partial charge in [0, 0.05) is 5.56 Å². The molecular formula is C16H16BrNOS. The van der Waals surface area contributed by atoms with Gasteiger partial charge in [0.2, 0.25) is 0 Å². The Hall–Kier alpha value is -1.39. The molecule has 2 nitrogen and oxygen atoms in total. The molecule has 0 saturated heterocycles. The molecule has 0 aliphatic rings. The van der Waals surface area contributed by atoms with Gasteiger partial charge in [-0.1, -0.05) is 24.4 Å². The maximum absolute atomic E-state index is 6.06. The number of halogens is 1. The lowest BCUT2D eigenvalue weighted by atomic mass is 10.1. The molecule has 0 saturated carbocycles. The largest absolute Gasteiger partial charge is 0.456 e. The van der Waals surface area contributed by atoms with Crippen LogP contribution in [0.25, 0.3) is 0 Å². The number of aryl methyl sites for hydroxylation is 2. The minimum Gasteiger partial charge on any atom is -0.456 e. The number of thiocarbonyl (C=S) groups is 1. The molecule has 0 unspecified atom stereocenters. The zero-order valence-electron chi connectivity index (χ0n) is 11.7. The third-order valence-corrected chi connectivity index (χ3v) is 4.16. The Kier molecular flexibility index (Phi) is 4.45. The highest BCUT2D eigenvalue weighted by molar-refractivity contribution is 9.10. The Morgan fingerprint density at radius 3 is 2.35 bits per heavy atom. The quantitative estimate of drug-likeness (QED) is 0.808. The smallest absolute Gasteiger partial charge is 0.141 e. The Bertz CT molecular complexity index is 682. The maximum Gasteiger partial charge on any atom is 0.141 e. The fraction of sp³-hybridized carbons (Fsp3) is 0.188. The maximum atomic E-state index is 6.06. The third kappa shape index (κ3) is 3.02. The summed E-state index contributed by atoms with van der Waals surface area (Å²) in [6.45, 7) is 6.18. The topological polar surface area (TPSA) is 35.2 Å². The van der Waals surface area contributed by atoms with Crippen LogP contribution in [0.15, 0.2) is 34.8 Å². The summed E-state index contributed by atoms with van der Waals surface area (Å²) >= 11 is 8.47. The van der Waals surface area contributed by atoms with Gasteiger partial charge in [-0.05, 0) is 71.6 Å². The van der Waals surface area contributed by atoms with Gasteiger partial charge in [-0.25, -0.2) is 0 Å². The van der Waals surface area contributed by atoms with Gasteiger partial charge < -0.3 is 10.5 Å². The van der Waals surface area contributed by atoms with E-state index in [1.54, 1.807) is 0 Å². The molecule has 0 atom stereocenters. The Morgan fingerprint density at radius 1 is 1.10 bits per heavy atom. The second kappa shape index (κ2) is 5.94. The van der Waals surface area contributed by atoms with Crippen molar-refractivity contribution in [3.05, 3.63) is 57.1 Å². The summed E-state index contributed by atoms with van der Waals surface area (Å²) in [6.07, 6.45) is 0. The highest BCUT2D eigenvalue weighted by Crippen LogP contribution is 2.35. The molecule has 0 heterocycles. The van der Waals surface area contributed by atoms with Crippen molar-refractivity contribution < 1.29 is 4.74 Å². The number of rotatable bonds is 3. The molecule has 2 aromatic carbocycles. The van der Waals surface area contributed by atoms with E-state index >= 15 is 0 Å². The molecule has 2 rings (SSSR count). The lowest BCUT2D eigenvalue weighted by Crippen LogP contribution is -2.09. The van der Waals surface area contributed by atoms with Crippen molar-refractivity contribution >= 4 is 33.1 Å². The van der Waals surface area contributed by atoms with Gasteiger partial charge >= 0.3 is 0 Å². The predicted octanol–water partition coefficient (Wildman–Crippen LogP) is 4.80. The molecule has 20 heavy (non-hydrogen) atoms. The SMILES string of the molecule is Cc1ccc(C)c(Oc2ccc(C(N)=S)cc2Br)c1C. The van der Waals surface area contributed by atoms with Gasteiger partial charge in [-0.15, -0.1) is 0 Å². The number of nitrogens with two attached hydrogens (primary N) is 1. The summed E-state index contributed by atoms with van der Waals surface area (Å²) in [7, 11) is 0. The lowest BCUT2D eigenvalue weighted by Gasteiger charge is -2.15. The van der Waals surface area contributed by atoms with Crippen LogP contribution in [0.3, 0.4) is 0 Å². The van der Waals surface area contributed by atoms with Gasteiger partial charge in [-0.2, -0.15) is 0 Å². The van der Waals surface area contributed by atoms with Crippen LogP contribution >= 0.6 is 28.1 Å². The predicted molar refractivity (Wildman–Crippen MR) is 90.8 cm³/mol. The first-order chi connectivity index (χ1) is 9.40. The number of benzene rings is 2. The van der Waals surface area contributed by atoms with E-state index in [1.165, 1.54) is 5.56 Å². The van der Waals surface area contributed by atoms with Crippen LogP contribution in [0.1, 0.15) is 22.3 Å². The van der Waals surface area contributed by atoms with Gasteiger partial charge in [0.15, 0.2) is 0 Å². The van der Waals surface area contributed by atoms with Crippen LogP contribution in [0.5, 0.6) is 11.5 Å². The van der Waals surface area contributed by atoms with Crippen LogP contribution in [0.4, 0.5) is 0 Å². The zero-order chi connectivity index (χ0) is 14.9. The van der Waals surface area contributed by atoms with Gasteiger partial charge in [0.25, 0.3) is 0 Å². The second-order valence-corrected chi connectivity index (χ2v) is 6.06. The highest BCUT2D eigenvalue weighted by Gasteiger charge is 2.10. The molecule has 0 bridgehead atoms. The van der Waals surface area contributed by atoms with E-state index in [4.69, 9.17) is 22.7 Å². The second-order valence-electron chi connectivity index (χ2n) is 4.76. The molecule has 2 N–H and O–H groups in total. The molecule has 0 aliphatic heterocycles. The van der Waals surface area contributed by atoms with Crippen molar-refractivity contribution in [2.45, 2.75) is 20.8 Å². The molecule has 0 spiro atoms. The van der Waals surface area contributed by atoms with Gasteiger partial charge in [-0.3, -0.25) is 0 Å². The van der Waals surface area contributed by atoms with E-state index in [0.717, 1.165) is 32.7 Å². The van der Waals surface area contributed by atoms with Crippen molar-refractivity contribution in [2.75, 3.05) is 0 Å². The summed E-state index contributed by atoms with van der Waals surface area (Å²) in [6, 6.07) is 9.78. The van der Waals surface area contributed by atoms with E-state index in [0.29, 0.717) is 4.99 Å². The summed E-state index contributed by atoms with van der Waals surface area (Å²) < 4.78 is 6.89. The summed E-state index contributed by atoms with van der Waals surface area (Å²) in [5, 5.41) is 0. The van der Waals surface area contributed by atoms with E-state index in [1.807, 2.05) is 25.1 Å². The van der Waals surface area contributed by atoms with E-state index in [2.05, 4.69) is 41.9 Å². The van der Waals surface area contributed by atoms with E-state index in [-0.39, 0.29) is 0 Å². The summed E-state index contributed by atoms with van der Waals surface area (Å²) in [5.41, 5.74) is 9.91. The molecule has 0 aromatic heterocycles. The molecule has 4 heteroatoms. The van der Waals surface area contributed by atoms with Crippen molar-refractivity contribution in [2.24, 2.45) is 5.73 Å². The fourth-order valence-corrected chi connectivity index (χ4v) is 2.52. The average Bonchev–Trinajstić information content (AvgIpc) is 2.40. The van der Waals surface area contributed by atoms with Crippen molar-refractivity contribution in [3.8, 4) is 11.5 Å². The normalized spacial score (nSPS) is 10.4.